The molecule has 0 amide bonds. The maximum absolute atomic E-state index is 2.61. The Morgan fingerprint density at radius 2 is 1.31 bits per heavy atom. The van der Waals surface area contributed by atoms with E-state index in [1.54, 1.807) is 0 Å². The van der Waals surface area contributed by atoms with Crippen molar-refractivity contribution >= 4 is 11.3 Å². The molecule has 0 fully saturated rings. The predicted octanol–water partition coefficient (Wildman–Crippen LogP) is 15.4. The molecule has 1 heteroatoms. The number of hydrogen-bond donors (Lipinski definition) is 0. The highest BCUT2D eigenvalue weighted by atomic mass is 15.2. The summed E-state index contributed by atoms with van der Waals surface area (Å²) in [4.78, 5) is 2.61. The van der Waals surface area contributed by atoms with Gasteiger partial charge < -0.3 is 4.90 Å². The van der Waals surface area contributed by atoms with Crippen molar-refractivity contribution in [3.05, 3.63) is 297 Å². The largest absolute Gasteiger partial charge is 0.314 e. The Balaban J connectivity index is 1.06. The summed E-state index contributed by atoms with van der Waals surface area (Å²) in [6, 6.07) is 58.0. The number of allylic oxidation sites excluding steroid dienone is 17. The highest BCUT2D eigenvalue weighted by Gasteiger charge is 2.58. The third kappa shape index (κ3) is 5.64. The molecule has 7 aliphatic rings. The lowest BCUT2D eigenvalue weighted by molar-refractivity contribution is 0.424. The molecule has 0 aliphatic heterocycles. The Kier molecular flexibility index (Phi) is 8.95. The first-order valence-corrected chi connectivity index (χ1v) is 23.8. The number of anilines is 1. The highest BCUT2D eigenvalue weighted by Crippen LogP contribution is 2.66. The van der Waals surface area contributed by atoms with Crippen molar-refractivity contribution in [2.45, 2.75) is 49.4 Å². The molecule has 0 bridgehead atoms. The standard InChI is InChI=1S/C64H51N/c1-4-18-44(19-5-1)45-36-39-51(40-37-45)65(53-41-38-47-35-34-46-20-10-11-27-54(46)57(47)43-53)52-26-16-25-50(42-52)63(48-21-6-2-7-22-48)59-31-14-15-32-60(59)64(49-23-8-3-9-24-49)58-30-13-12-28-55(58)56-29-17-33-61(63)62(56)64/h1-10,12-21,23-26,28-34,36,38-39,41-43,47-48H,11,22,27,35,37,40H2. The van der Waals surface area contributed by atoms with E-state index in [1.165, 1.54) is 95.0 Å². The van der Waals surface area contributed by atoms with Gasteiger partial charge in [-0.15, -0.1) is 0 Å². The van der Waals surface area contributed by atoms with E-state index in [0.717, 1.165) is 38.5 Å². The van der Waals surface area contributed by atoms with Crippen LogP contribution in [0, 0.1) is 11.8 Å². The Morgan fingerprint density at radius 1 is 0.554 bits per heavy atom. The summed E-state index contributed by atoms with van der Waals surface area (Å²) in [6.07, 6.45) is 35.0. The van der Waals surface area contributed by atoms with Crippen LogP contribution in [0.15, 0.2) is 253 Å². The number of rotatable bonds is 7. The lowest BCUT2D eigenvalue weighted by atomic mass is 9.49. The van der Waals surface area contributed by atoms with Crippen LogP contribution < -0.4 is 4.90 Å². The highest BCUT2D eigenvalue weighted by molar-refractivity contribution is 5.91. The minimum absolute atomic E-state index is 0.180. The molecule has 0 saturated carbocycles. The van der Waals surface area contributed by atoms with Gasteiger partial charge in [0, 0.05) is 23.0 Å². The topological polar surface area (TPSA) is 3.24 Å². The van der Waals surface area contributed by atoms with Gasteiger partial charge >= 0.3 is 0 Å². The number of nitrogens with zero attached hydrogens (tertiary/aromatic N) is 1. The first-order chi connectivity index (χ1) is 32.2. The van der Waals surface area contributed by atoms with Crippen LogP contribution in [0.4, 0.5) is 5.69 Å². The van der Waals surface area contributed by atoms with Crippen molar-refractivity contribution < 1.29 is 0 Å². The SMILES string of the molecule is C1=CCC(C2(c3cccc(N(C4=CC5=C6CCC=CC6=CCC5C=C4)C4=CC=C(c5ccccc5)CC4)c3)c3ccccc3C3(c4ccccc4)c4ccccc4-c4cccc2c43)C=C1. The fraction of sp³-hybridized carbons (Fsp3) is 0.156. The summed E-state index contributed by atoms with van der Waals surface area (Å²) in [5.74, 6) is 0.601. The smallest absolute Gasteiger partial charge is 0.0719 e. The zero-order valence-corrected chi connectivity index (χ0v) is 36.7. The van der Waals surface area contributed by atoms with Gasteiger partial charge in [-0.1, -0.05) is 194 Å². The minimum Gasteiger partial charge on any atom is -0.314 e. The van der Waals surface area contributed by atoms with Crippen LogP contribution in [0.25, 0.3) is 16.7 Å². The fourth-order valence-electron chi connectivity index (χ4n) is 13.0. The molecule has 0 spiro atoms. The maximum Gasteiger partial charge on any atom is 0.0719 e. The molecule has 65 heavy (non-hydrogen) atoms. The lowest BCUT2D eigenvalue weighted by Crippen LogP contribution is -2.47. The van der Waals surface area contributed by atoms with E-state index in [1.807, 2.05) is 0 Å². The van der Waals surface area contributed by atoms with Gasteiger partial charge in [-0.3, -0.25) is 0 Å². The van der Waals surface area contributed by atoms with Gasteiger partial charge in [-0.25, -0.2) is 0 Å². The summed E-state index contributed by atoms with van der Waals surface area (Å²) >= 11 is 0. The van der Waals surface area contributed by atoms with Crippen molar-refractivity contribution in [3.63, 3.8) is 0 Å². The van der Waals surface area contributed by atoms with E-state index in [4.69, 9.17) is 0 Å². The molecule has 312 valence electrons. The summed E-state index contributed by atoms with van der Waals surface area (Å²) < 4.78 is 0. The molecule has 1 nitrogen and oxygen atoms in total. The fourth-order valence-corrected chi connectivity index (χ4v) is 13.0. The first kappa shape index (κ1) is 38.3. The summed E-state index contributed by atoms with van der Waals surface area (Å²) in [5.41, 5.74) is 22.3. The zero-order valence-electron chi connectivity index (χ0n) is 36.7. The second-order valence-corrected chi connectivity index (χ2v) is 18.8. The molecule has 4 unspecified atom stereocenters. The Labute approximate surface area is 383 Å². The molecule has 0 heterocycles. The van der Waals surface area contributed by atoms with Crippen molar-refractivity contribution in [2.24, 2.45) is 11.8 Å². The molecule has 0 saturated heterocycles. The summed E-state index contributed by atoms with van der Waals surface area (Å²) in [7, 11) is 0. The maximum atomic E-state index is 2.61. The molecule has 13 rings (SSSR count). The molecule has 0 radical (unpaired) electrons. The lowest BCUT2D eigenvalue weighted by Gasteiger charge is -2.52. The van der Waals surface area contributed by atoms with Gasteiger partial charge in [0.2, 0.25) is 0 Å². The second-order valence-electron chi connectivity index (χ2n) is 18.8. The first-order valence-electron chi connectivity index (χ1n) is 23.8. The van der Waals surface area contributed by atoms with Crippen LogP contribution in [0.3, 0.4) is 0 Å². The monoisotopic (exact) mass is 833 g/mol. The second kappa shape index (κ2) is 15.2. The zero-order chi connectivity index (χ0) is 43.0. The minimum atomic E-state index is -0.490. The normalized spacial score (nSPS) is 24.1. The van der Waals surface area contributed by atoms with Crippen LogP contribution in [0.1, 0.15) is 83.0 Å². The van der Waals surface area contributed by atoms with Crippen molar-refractivity contribution in [2.75, 3.05) is 4.90 Å². The van der Waals surface area contributed by atoms with Crippen LogP contribution >= 0.6 is 0 Å². The van der Waals surface area contributed by atoms with E-state index in [9.17, 15) is 0 Å². The molecule has 0 aromatic heterocycles. The Hall–Kier alpha value is -7.22. The molecule has 4 atom stereocenters. The average molecular weight is 834 g/mol. The van der Waals surface area contributed by atoms with E-state index < -0.39 is 10.8 Å². The van der Waals surface area contributed by atoms with Gasteiger partial charge in [0.25, 0.3) is 0 Å². The van der Waals surface area contributed by atoms with Gasteiger partial charge in [0.1, 0.15) is 0 Å². The van der Waals surface area contributed by atoms with Crippen LogP contribution in [0.2, 0.25) is 0 Å². The Morgan fingerprint density at radius 3 is 2.14 bits per heavy atom. The number of hydrogen-bond acceptors (Lipinski definition) is 1. The average Bonchev–Trinajstić information content (AvgIpc) is 3.70. The number of benzene rings is 6. The molecule has 6 aromatic rings. The molecular weight excluding hydrogens is 783 g/mol. The van der Waals surface area contributed by atoms with Gasteiger partial charge in [-0.2, -0.15) is 0 Å². The molecule has 7 aliphatic carbocycles. The third-order valence-corrected chi connectivity index (χ3v) is 15.7. The quantitative estimate of drug-likeness (QED) is 0.155. The van der Waals surface area contributed by atoms with Crippen molar-refractivity contribution in [3.8, 4) is 11.1 Å². The molecule has 6 aromatic carbocycles. The summed E-state index contributed by atoms with van der Waals surface area (Å²) in [5, 5.41) is 0. The van der Waals surface area contributed by atoms with Gasteiger partial charge in [-0.05, 0) is 153 Å². The van der Waals surface area contributed by atoms with Crippen LogP contribution in [0.5, 0.6) is 0 Å². The predicted molar refractivity (Wildman–Crippen MR) is 269 cm³/mol. The number of fused-ring (bicyclic) bond motifs is 7. The van der Waals surface area contributed by atoms with Gasteiger partial charge in [0.15, 0.2) is 0 Å². The van der Waals surface area contributed by atoms with Crippen LogP contribution in [-0.4, -0.2) is 0 Å². The van der Waals surface area contributed by atoms with E-state index >= 15 is 0 Å². The van der Waals surface area contributed by atoms with Crippen LogP contribution in [-0.2, 0) is 10.8 Å². The summed E-state index contributed by atoms with van der Waals surface area (Å²) in [6.45, 7) is 0. The third-order valence-electron chi connectivity index (χ3n) is 15.7. The van der Waals surface area contributed by atoms with E-state index in [-0.39, 0.29) is 5.92 Å². The Bertz CT molecular complexity index is 3210. The molecular formula is C64H51N. The van der Waals surface area contributed by atoms with Crippen molar-refractivity contribution in [1.29, 1.82) is 0 Å². The molecule has 0 N–H and O–H groups in total. The van der Waals surface area contributed by atoms with Crippen molar-refractivity contribution in [1.82, 2.24) is 0 Å². The van der Waals surface area contributed by atoms with E-state index in [0.29, 0.717) is 5.92 Å². The van der Waals surface area contributed by atoms with Gasteiger partial charge in [0.05, 0.1) is 10.8 Å². The van der Waals surface area contributed by atoms with E-state index in [2.05, 4.69) is 229 Å².